The Bertz CT molecular complexity index is 193. The molecule has 0 radical (unpaired) electrons. The van der Waals surface area contributed by atoms with Crippen LogP contribution in [0.4, 0.5) is 0 Å². The standard InChI is InChI=1S/C10H14O/c1-4-9(2)7-5-6-8-10(3)11/h1,7H,5-6,8H2,2-3H3/b9-7-. The van der Waals surface area contributed by atoms with Gasteiger partial charge < -0.3 is 4.79 Å². The summed E-state index contributed by atoms with van der Waals surface area (Å²) in [6.45, 7) is 3.51. The molecule has 0 aliphatic rings. The van der Waals surface area contributed by atoms with Gasteiger partial charge in [0.25, 0.3) is 0 Å². The zero-order chi connectivity index (χ0) is 8.69. The molecule has 11 heavy (non-hydrogen) atoms. The number of hydrogen-bond acceptors (Lipinski definition) is 1. The highest BCUT2D eigenvalue weighted by atomic mass is 16.1. The molecule has 0 unspecified atom stereocenters. The number of Topliss-reactive ketones (excluding diaryl/α,β-unsaturated/α-hetero) is 1. The van der Waals surface area contributed by atoms with E-state index in [0.717, 1.165) is 18.4 Å². The van der Waals surface area contributed by atoms with Crippen molar-refractivity contribution in [1.29, 1.82) is 0 Å². The van der Waals surface area contributed by atoms with Crippen LogP contribution in [0.1, 0.15) is 33.1 Å². The van der Waals surface area contributed by atoms with Crippen molar-refractivity contribution in [3.8, 4) is 12.3 Å². The Hall–Kier alpha value is -1.03. The number of unbranched alkanes of at least 4 members (excludes halogenated alkanes) is 1. The van der Waals surface area contributed by atoms with E-state index in [9.17, 15) is 4.79 Å². The van der Waals surface area contributed by atoms with E-state index < -0.39 is 0 Å². The Balaban J connectivity index is 3.43. The fourth-order valence-electron chi connectivity index (χ4n) is 0.729. The molecule has 0 aromatic carbocycles. The topological polar surface area (TPSA) is 17.1 Å². The third-order valence-corrected chi connectivity index (χ3v) is 1.41. The lowest BCUT2D eigenvalue weighted by molar-refractivity contribution is -0.117. The summed E-state index contributed by atoms with van der Waals surface area (Å²) in [6.07, 6.45) is 9.60. The lowest BCUT2D eigenvalue weighted by Gasteiger charge is -1.91. The number of hydrogen-bond donors (Lipinski definition) is 0. The zero-order valence-electron chi connectivity index (χ0n) is 7.18. The quantitative estimate of drug-likeness (QED) is 0.444. The molecule has 0 aromatic heterocycles. The van der Waals surface area contributed by atoms with Crippen molar-refractivity contribution < 1.29 is 4.79 Å². The molecule has 0 fully saturated rings. The maximum absolute atomic E-state index is 10.5. The van der Waals surface area contributed by atoms with Gasteiger partial charge in [-0.2, -0.15) is 0 Å². The van der Waals surface area contributed by atoms with Crippen molar-refractivity contribution in [3.05, 3.63) is 11.6 Å². The lowest BCUT2D eigenvalue weighted by atomic mass is 10.1. The molecule has 0 spiro atoms. The molecule has 1 nitrogen and oxygen atoms in total. The van der Waals surface area contributed by atoms with Gasteiger partial charge in [0.2, 0.25) is 0 Å². The maximum atomic E-state index is 10.5. The smallest absolute Gasteiger partial charge is 0.129 e. The lowest BCUT2D eigenvalue weighted by Crippen LogP contribution is -1.87. The Morgan fingerprint density at radius 3 is 2.64 bits per heavy atom. The molecular formula is C10H14O. The Morgan fingerprint density at radius 2 is 2.18 bits per heavy atom. The van der Waals surface area contributed by atoms with Gasteiger partial charge in [0.15, 0.2) is 0 Å². The SMILES string of the molecule is C#C/C(C)=C\CCCC(C)=O. The molecule has 0 rings (SSSR count). The summed E-state index contributed by atoms with van der Waals surface area (Å²) < 4.78 is 0. The van der Waals surface area contributed by atoms with Gasteiger partial charge in [-0.15, -0.1) is 6.42 Å². The molecule has 0 heterocycles. The monoisotopic (exact) mass is 150 g/mol. The van der Waals surface area contributed by atoms with Crippen LogP contribution < -0.4 is 0 Å². The molecule has 0 N–H and O–H groups in total. The fraction of sp³-hybridized carbons (Fsp3) is 0.500. The number of ketones is 1. The first-order valence-electron chi connectivity index (χ1n) is 3.79. The van der Waals surface area contributed by atoms with Crippen LogP contribution in [0.25, 0.3) is 0 Å². The second kappa shape index (κ2) is 5.73. The molecule has 0 aliphatic carbocycles. The predicted octanol–water partition coefficient (Wildman–Crippen LogP) is 2.33. The molecule has 0 amide bonds. The molecule has 0 bridgehead atoms. The minimum Gasteiger partial charge on any atom is -0.300 e. The van der Waals surface area contributed by atoms with Crippen LogP contribution in [0.2, 0.25) is 0 Å². The zero-order valence-corrected chi connectivity index (χ0v) is 7.18. The maximum Gasteiger partial charge on any atom is 0.129 e. The van der Waals surface area contributed by atoms with Crippen molar-refractivity contribution in [2.75, 3.05) is 0 Å². The van der Waals surface area contributed by atoms with Crippen LogP contribution in [0.5, 0.6) is 0 Å². The summed E-state index contributed by atoms with van der Waals surface area (Å²) in [7, 11) is 0. The van der Waals surface area contributed by atoms with Crippen molar-refractivity contribution in [3.63, 3.8) is 0 Å². The van der Waals surface area contributed by atoms with Crippen molar-refractivity contribution in [1.82, 2.24) is 0 Å². The Morgan fingerprint density at radius 1 is 1.55 bits per heavy atom. The molecule has 60 valence electrons. The summed E-state index contributed by atoms with van der Waals surface area (Å²) in [4.78, 5) is 10.5. The number of carbonyl (C=O) groups excluding carboxylic acids is 1. The van der Waals surface area contributed by atoms with Crippen LogP contribution in [-0.2, 0) is 4.79 Å². The normalized spacial score (nSPS) is 10.8. The number of terminal acetylenes is 1. The van der Waals surface area contributed by atoms with E-state index in [4.69, 9.17) is 6.42 Å². The van der Waals surface area contributed by atoms with Crippen molar-refractivity contribution in [2.24, 2.45) is 0 Å². The highest BCUT2D eigenvalue weighted by Crippen LogP contribution is 2.00. The number of rotatable bonds is 4. The van der Waals surface area contributed by atoms with Gasteiger partial charge in [0, 0.05) is 6.42 Å². The summed E-state index contributed by atoms with van der Waals surface area (Å²) in [5.41, 5.74) is 0.952. The van der Waals surface area contributed by atoms with Crippen LogP contribution in [0, 0.1) is 12.3 Å². The predicted molar refractivity (Wildman–Crippen MR) is 47.1 cm³/mol. The van der Waals surface area contributed by atoms with Crippen LogP contribution in [-0.4, -0.2) is 5.78 Å². The van der Waals surface area contributed by atoms with E-state index in [2.05, 4.69) is 5.92 Å². The van der Waals surface area contributed by atoms with Gasteiger partial charge in [-0.1, -0.05) is 12.0 Å². The van der Waals surface area contributed by atoms with E-state index in [-0.39, 0.29) is 5.78 Å². The van der Waals surface area contributed by atoms with E-state index >= 15 is 0 Å². The van der Waals surface area contributed by atoms with Crippen LogP contribution >= 0.6 is 0 Å². The van der Waals surface area contributed by atoms with Gasteiger partial charge in [0.1, 0.15) is 5.78 Å². The van der Waals surface area contributed by atoms with Crippen molar-refractivity contribution in [2.45, 2.75) is 33.1 Å². The molecular weight excluding hydrogens is 136 g/mol. The number of carbonyl (C=O) groups is 1. The van der Waals surface area contributed by atoms with Gasteiger partial charge in [-0.25, -0.2) is 0 Å². The second-order valence-corrected chi connectivity index (χ2v) is 2.63. The second-order valence-electron chi connectivity index (χ2n) is 2.63. The summed E-state index contributed by atoms with van der Waals surface area (Å²) in [6, 6.07) is 0. The highest BCUT2D eigenvalue weighted by molar-refractivity contribution is 5.75. The van der Waals surface area contributed by atoms with E-state index in [1.807, 2.05) is 13.0 Å². The van der Waals surface area contributed by atoms with E-state index in [1.165, 1.54) is 0 Å². The Kier molecular flexibility index (Phi) is 5.20. The minimum absolute atomic E-state index is 0.247. The van der Waals surface area contributed by atoms with Crippen molar-refractivity contribution >= 4 is 5.78 Å². The van der Waals surface area contributed by atoms with E-state index in [0.29, 0.717) is 6.42 Å². The largest absolute Gasteiger partial charge is 0.300 e. The summed E-state index contributed by atoms with van der Waals surface area (Å²) >= 11 is 0. The first kappa shape index (κ1) is 9.97. The highest BCUT2D eigenvalue weighted by Gasteiger charge is 1.90. The average Bonchev–Trinajstić information content (AvgIpc) is 1.97. The van der Waals surface area contributed by atoms with Gasteiger partial charge in [0.05, 0.1) is 0 Å². The van der Waals surface area contributed by atoms with Gasteiger partial charge in [-0.3, -0.25) is 0 Å². The summed E-state index contributed by atoms with van der Waals surface area (Å²) in [5.74, 6) is 2.78. The molecule has 0 saturated heterocycles. The van der Waals surface area contributed by atoms with Gasteiger partial charge >= 0.3 is 0 Å². The molecule has 0 aliphatic heterocycles. The van der Waals surface area contributed by atoms with Crippen LogP contribution in [0.15, 0.2) is 11.6 Å². The first-order valence-corrected chi connectivity index (χ1v) is 3.79. The third kappa shape index (κ3) is 6.86. The molecule has 1 heteroatoms. The van der Waals surface area contributed by atoms with Crippen LogP contribution in [0.3, 0.4) is 0 Å². The molecule has 0 saturated carbocycles. The summed E-state index contributed by atoms with van der Waals surface area (Å²) in [5, 5.41) is 0. The molecule has 0 atom stereocenters. The number of allylic oxidation sites excluding steroid dienone is 2. The van der Waals surface area contributed by atoms with E-state index in [1.54, 1.807) is 6.92 Å². The minimum atomic E-state index is 0.247. The average molecular weight is 150 g/mol. The molecule has 0 aromatic rings. The third-order valence-electron chi connectivity index (χ3n) is 1.41. The Labute approximate surface area is 68.5 Å². The van der Waals surface area contributed by atoms with Gasteiger partial charge in [-0.05, 0) is 32.3 Å². The first-order chi connectivity index (χ1) is 5.16. The fourth-order valence-corrected chi connectivity index (χ4v) is 0.729.